The van der Waals surface area contributed by atoms with Gasteiger partial charge in [0.1, 0.15) is 0 Å². The van der Waals surface area contributed by atoms with Gasteiger partial charge in [0, 0.05) is 24.9 Å². The van der Waals surface area contributed by atoms with E-state index in [1.807, 2.05) is 38.1 Å². The molecule has 2 rings (SSSR count). The number of rotatable bonds is 9. The fourth-order valence-electron chi connectivity index (χ4n) is 2.71. The Morgan fingerprint density at radius 2 is 1.70 bits per heavy atom. The first-order chi connectivity index (χ1) is 14.1. The van der Waals surface area contributed by atoms with Crippen molar-refractivity contribution in [1.29, 1.82) is 0 Å². The predicted octanol–water partition coefficient (Wildman–Crippen LogP) is 2.92. The van der Waals surface area contributed by atoms with Crippen molar-refractivity contribution < 1.29 is 18.0 Å². The minimum atomic E-state index is -3.74. The number of aryl methyl sites for hydroxylation is 1. The third-order valence-electron chi connectivity index (χ3n) is 4.69. The number of benzene rings is 2. The number of amides is 2. The summed E-state index contributed by atoms with van der Waals surface area (Å²) >= 11 is 1.40. The third kappa shape index (κ3) is 7.16. The zero-order chi connectivity index (χ0) is 22.3. The molecule has 0 fully saturated rings. The van der Waals surface area contributed by atoms with Gasteiger partial charge in [-0.25, -0.2) is 13.6 Å². The SMILES string of the molecule is Cc1ccc(NC(=O)CSCCC(=O)N(C)[C@@H](C)c2ccc(S(N)(=O)=O)cc2)cc1. The van der Waals surface area contributed by atoms with E-state index in [1.165, 1.54) is 23.9 Å². The van der Waals surface area contributed by atoms with Gasteiger partial charge in [0.05, 0.1) is 16.7 Å². The molecule has 2 aromatic rings. The highest BCUT2D eigenvalue weighted by Gasteiger charge is 2.18. The Morgan fingerprint density at radius 1 is 1.10 bits per heavy atom. The highest BCUT2D eigenvalue weighted by molar-refractivity contribution is 7.99. The molecule has 0 radical (unpaired) electrons. The standard InChI is InChI=1S/C21H27N3O4S2/c1-15-4-8-18(9-5-15)23-20(25)14-29-13-12-21(26)24(3)16(2)17-6-10-19(11-7-17)30(22,27)28/h4-11,16H,12-14H2,1-3H3,(H,23,25)(H2,22,27,28)/t16-/m0/s1. The van der Waals surface area contributed by atoms with Crippen LogP contribution in [-0.2, 0) is 19.6 Å². The van der Waals surface area contributed by atoms with Gasteiger partial charge >= 0.3 is 0 Å². The van der Waals surface area contributed by atoms with Crippen molar-refractivity contribution in [2.75, 3.05) is 23.9 Å². The van der Waals surface area contributed by atoms with Crippen LogP contribution >= 0.6 is 11.8 Å². The number of primary sulfonamides is 1. The minimum Gasteiger partial charge on any atom is -0.339 e. The molecule has 0 heterocycles. The van der Waals surface area contributed by atoms with E-state index in [4.69, 9.17) is 5.14 Å². The summed E-state index contributed by atoms with van der Waals surface area (Å²) in [7, 11) is -2.04. The van der Waals surface area contributed by atoms with E-state index < -0.39 is 10.0 Å². The molecule has 0 aliphatic heterocycles. The fourth-order valence-corrected chi connectivity index (χ4v) is 3.95. The van der Waals surface area contributed by atoms with Crippen LogP contribution in [0.5, 0.6) is 0 Å². The number of hydrogen-bond donors (Lipinski definition) is 2. The fraction of sp³-hybridized carbons (Fsp3) is 0.333. The van der Waals surface area contributed by atoms with E-state index in [0.717, 1.165) is 16.8 Å². The van der Waals surface area contributed by atoms with Crippen molar-refractivity contribution in [1.82, 2.24) is 4.90 Å². The van der Waals surface area contributed by atoms with Crippen molar-refractivity contribution in [3.05, 3.63) is 59.7 Å². The van der Waals surface area contributed by atoms with E-state index in [-0.39, 0.29) is 28.5 Å². The van der Waals surface area contributed by atoms with Crippen LogP contribution in [0.25, 0.3) is 0 Å². The molecule has 0 aromatic heterocycles. The van der Waals surface area contributed by atoms with Crippen molar-refractivity contribution >= 4 is 39.3 Å². The summed E-state index contributed by atoms with van der Waals surface area (Å²) in [5, 5.41) is 7.93. The predicted molar refractivity (Wildman–Crippen MR) is 121 cm³/mol. The summed E-state index contributed by atoms with van der Waals surface area (Å²) < 4.78 is 22.7. The molecule has 162 valence electrons. The van der Waals surface area contributed by atoms with Gasteiger partial charge in [0.15, 0.2) is 0 Å². The van der Waals surface area contributed by atoms with Gasteiger partial charge < -0.3 is 10.2 Å². The smallest absolute Gasteiger partial charge is 0.238 e. The second-order valence-electron chi connectivity index (χ2n) is 7.01. The summed E-state index contributed by atoms with van der Waals surface area (Å²) in [6.07, 6.45) is 0.304. The lowest BCUT2D eigenvalue weighted by Crippen LogP contribution is -2.30. The Balaban J connectivity index is 1.77. The average Bonchev–Trinajstić information content (AvgIpc) is 2.71. The van der Waals surface area contributed by atoms with E-state index in [1.54, 1.807) is 24.1 Å². The van der Waals surface area contributed by atoms with Gasteiger partial charge in [-0.15, -0.1) is 0 Å². The number of sulfonamides is 1. The molecule has 1 atom stereocenters. The molecule has 3 N–H and O–H groups in total. The highest BCUT2D eigenvalue weighted by atomic mass is 32.2. The van der Waals surface area contributed by atoms with Crippen LogP contribution < -0.4 is 10.5 Å². The Morgan fingerprint density at radius 3 is 2.27 bits per heavy atom. The van der Waals surface area contributed by atoms with Crippen LogP contribution in [0, 0.1) is 6.92 Å². The van der Waals surface area contributed by atoms with Crippen LogP contribution in [0.1, 0.15) is 30.5 Å². The van der Waals surface area contributed by atoms with Gasteiger partial charge in [-0.05, 0) is 43.7 Å². The maximum atomic E-state index is 12.4. The number of nitrogens with two attached hydrogens (primary N) is 1. The Labute approximate surface area is 182 Å². The maximum Gasteiger partial charge on any atom is 0.238 e. The van der Waals surface area contributed by atoms with E-state index in [0.29, 0.717) is 12.2 Å². The Hall–Kier alpha value is -2.36. The van der Waals surface area contributed by atoms with Crippen LogP contribution in [0.15, 0.2) is 53.4 Å². The van der Waals surface area contributed by atoms with Gasteiger partial charge in [-0.2, -0.15) is 11.8 Å². The zero-order valence-corrected chi connectivity index (χ0v) is 18.9. The second kappa shape index (κ2) is 10.6. The van der Waals surface area contributed by atoms with Crippen molar-refractivity contribution in [3.63, 3.8) is 0 Å². The summed E-state index contributed by atoms with van der Waals surface area (Å²) in [5.41, 5.74) is 2.69. The number of hydrogen-bond acceptors (Lipinski definition) is 5. The highest BCUT2D eigenvalue weighted by Crippen LogP contribution is 2.21. The van der Waals surface area contributed by atoms with Crippen molar-refractivity contribution in [2.45, 2.75) is 31.2 Å². The number of anilines is 1. The zero-order valence-electron chi connectivity index (χ0n) is 17.3. The number of nitrogens with one attached hydrogen (secondary N) is 1. The molecule has 7 nitrogen and oxygen atoms in total. The molecule has 0 saturated heterocycles. The molecule has 0 unspecified atom stereocenters. The van der Waals surface area contributed by atoms with Gasteiger partial charge in [0.2, 0.25) is 21.8 Å². The third-order valence-corrected chi connectivity index (χ3v) is 6.58. The first-order valence-corrected chi connectivity index (χ1v) is 12.1. The van der Waals surface area contributed by atoms with Crippen molar-refractivity contribution in [3.8, 4) is 0 Å². The Kier molecular flexibility index (Phi) is 8.45. The van der Waals surface area contributed by atoms with E-state index in [2.05, 4.69) is 5.32 Å². The molecule has 2 amide bonds. The number of carbonyl (C=O) groups is 2. The molecular weight excluding hydrogens is 422 g/mol. The van der Waals surface area contributed by atoms with Crippen LogP contribution in [0.4, 0.5) is 5.69 Å². The first kappa shape index (κ1) is 23.9. The summed E-state index contributed by atoms with van der Waals surface area (Å²) in [6, 6.07) is 13.5. The average molecular weight is 450 g/mol. The molecule has 0 aliphatic rings. The molecular formula is C21H27N3O4S2. The molecule has 0 bridgehead atoms. The summed E-state index contributed by atoms with van der Waals surface area (Å²) in [4.78, 5) is 26.1. The maximum absolute atomic E-state index is 12.4. The van der Waals surface area contributed by atoms with Crippen molar-refractivity contribution in [2.24, 2.45) is 5.14 Å². The van der Waals surface area contributed by atoms with Crippen LogP contribution in [0.3, 0.4) is 0 Å². The normalized spacial score (nSPS) is 12.3. The monoisotopic (exact) mass is 449 g/mol. The van der Waals surface area contributed by atoms with Gasteiger partial charge in [-0.1, -0.05) is 29.8 Å². The molecule has 0 spiro atoms. The van der Waals surface area contributed by atoms with E-state index in [9.17, 15) is 18.0 Å². The molecule has 0 aliphatic carbocycles. The number of carbonyl (C=O) groups excluding carboxylic acids is 2. The molecule has 2 aromatic carbocycles. The summed E-state index contributed by atoms with van der Waals surface area (Å²) in [6.45, 7) is 3.85. The summed E-state index contributed by atoms with van der Waals surface area (Å²) in [5.74, 6) is 0.647. The Bertz CT molecular complexity index is 974. The number of thioether (sulfide) groups is 1. The van der Waals surface area contributed by atoms with Crippen LogP contribution in [0.2, 0.25) is 0 Å². The molecule has 30 heavy (non-hydrogen) atoms. The quantitative estimate of drug-likeness (QED) is 0.572. The first-order valence-electron chi connectivity index (χ1n) is 9.40. The lowest BCUT2D eigenvalue weighted by molar-refractivity contribution is -0.131. The van der Waals surface area contributed by atoms with Crippen LogP contribution in [-0.4, -0.2) is 43.7 Å². The number of nitrogens with zero attached hydrogens (tertiary/aromatic N) is 1. The van der Waals surface area contributed by atoms with Gasteiger partial charge in [0.25, 0.3) is 0 Å². The van der Waals surface area contributed by atoms with E-state index >= 15 is 0 Å². The molecule has 9 heteroatoms. The lowest BCUT2D eigenvalue weighted by Gasteiger charge is -2.25. The lowest BCUT2D eigenvalue weighted by atomic mass is 10.1. The van der Waals surface area contributed by atoms with Gasteiger partial charge in [-0.3, -0.25) is 9.59 Å². The minimum absolute atomic E-state index is 0.0349. The second-order valence-corrected chi connectivity index (χ2v) is 9.68. The topological polar surface area (TPSA) is 110 Å². The molecule has 0 saturated carbocycles. The largest absolute Gasteiger partial charge is 0.339 e.